The molecule has 0 unspecified atom stereocenters. The number of hydrogen-bond donors (Lipinski definition) is 1. The quantitative estimate of drug-likeness (QED) is 0.653. The zero-order chi connectivity index (χ0) is 24.1. The van der Waals surface area contributed by atoms with E-state index in [-0.39, 0.29) is 36.7 Å². The van der Waals surface area contributed by atoms with E-state index >= 15 is 0 Å². The summed E-state index contributed by atoms with van der Waals surface area (Å²) in [7, 11) is 4.61. The van der Waals surface area contributed by atoms with Crippen LogP contribution in [0, 0.1) is 0 Å². The first-order chi connectivity index (χ1) is 15.8. The van der Waals surface area contributed by atoms with Crippen molar-refractivity contribution in [2.45, 2.75) is 25.8 Å². The summed E-state index contributed by atoms with van der Waals surface area (Å²) >= 11 is 0. The van der Waals surface area contributed by atoms with Crippen molar-refractivity contribution < 1.29 is 23.9 Å². The summed E-state index contributed by atoms with van der Waals surface area (Å²) in [6, 6.07) is 10.1. The van der Waals surface area contributed by atoms with Crippen LogP contribution in [0.4, 0.5) is 11.4 Å². The number of fused-ring (bicyclic) bond motifs is 1. The number of ether oxygens (including phenoxy) is 2. The van der Waals surface area contributed by atoms with Crippen molar-refractivity contribution in [3.05, 3.63) is 60.2 Å². The van der Waals surface area contributed by atoms with E-state index < -0.39 is 0 Å². The molecule has 0 saturated carbocycles. The average molecular weight is 452 g/mol. The predicted molar refractivity (Wildman–Crippen MR) is 127 cm³/mol. The van der Waals surface area contributed by atoms with Gasteiger partial charge < -0.3 is 24.6 Å². The van der Waals surface area contributed by atoms with Crippen molar-refractivity contribution in [2.24, 2.45) is 0 Å². The van der Waals surface area contributed by atoms with Crippen LogP contribution in [0.3, 0.4) is 0 Å². The first-order valence-electron chi connectivity index (χ1n) is 10.6. The molecule has 1 N–H and O–H groups in total. The van der Waals surface area contributed by atoms with Crippen LogP contribution in [0.1, 0.15) is 29.3 Å². The minimum absolute atomic E-state index is 0.156. The van der Waals surface area contributed by atoms with Crippen LogP contribution in [-0.4, -0.2) is 56.5 Å². The molecule has 3 amide bonds. The number of carbonyl (C=O) groups excluding carboxylic acids is 3. The van der Waals surface area contributed by atoms with E-state index in [4.69, 9.17) is 9.47 Å². The monoisotopic (exact) mass is 451 g/mol. The van der Waals surface area contributed by atoms with E-state index in [2.05, 4.69) is 11.9 Å². The summed E-state index contributed by atoms with van der Waals surface area (Å²) in [5, 5.41) is 2.83. The fourth-order valence-electron chi connectivity index (χ4n) is 4.01. The Balaban J connectivity index is 1.87. The Morgan fingerprint density at radius 3 is 2.64 bits per heavy atom. The lowest BCUT2D eigenvalue weighted by Crippen LogP contribution is -2.45. The molecule has 2 aromatic rings. The first kappa shape index (κ1) is 23.8. The maximum absolute atomic E-state index is 13.3. The normalized spacial score (nSPS) is 15.1. The van der Waals surface area contributed by atoms with E-state index in [1.165, 1.54) is 19.1 Å². The molecular weight excluding hydrogens is 422 g/mol. The fraction of sp³-hybridized carbons (Fsp3) is 0.320. The van der Waals surface area contributed by atoms with Gasteiger partial charge in [0.2, 0.25) is 11.8 Å². The number of nitrogens with one attached hydrogen (secondary N) is 1. The van der Waals surface area contributed by atoms with Gasteiger partial charge in [-0.05, 0) is 37.6 Å². The lowest BCUT2D eigenvalue weighted by Gasteiger charge is -2.30. The molecule has 0 radical (unpaired) electrons. The minimum atomic E-state index is -0.357. The zero-order valence-electron chi connectivity index (χ0n) is 19.4. The molecule has 174 valence electrons. The Hall–Kier alpha value is -3.81. The van der Waals surface area contributed by atoms with Crippen molar-refractivity contribution in [1.82, 2.24) is 4.90 Å². The molecule has 0 aliphatic carbocycles. The van der Waals surface area contributed by atoms with Gasteiger partial charge in [0.15, 0.2) is 11.5 Å². The molecule has 2 aromatic carbocycles. The van der Waals surface area contributed by atoms with Crippen LogP contribution in [0.25, 0.3) is 0 Å². The van der Waals surface area contributed by atoms with Gasteiger partial charge in [0.1, 0.15) is 6.54 Å². The molecule has 0 aromatic heterocycles. The summed E-state index contributed by atoms with van der Waals surface area (Å²) in [6.45, 7) is 5.42. The third kappa shape index (κ3) is 5.00. The maximum Gasteiger partial charge on any atom is 0.254 e. The molecule has 1 aliphatic heterocycles. The van der Waals surface area contributed by atoms with Crippen molar-refractivity contribution in [3.8, 4) is 11.5 Å². The molecule has 0 saturated heterocycles. The SMILES string of the molecule is C=CCc1cc(C(=O)N(C)CC(=O)N2c3ccccc3NC(=O)C[C@H]2C)cc(OC)c1OC. The zero-order valence-corrected chi connectivity index (χ0v) is 19.4. The van der Waals surface area contributed by atoms with Crippen molar-refractivity contribution in [3.63, 3.8) is 0 Å². The highest BCUT2D eigenvalue weighted by Gasteiger charge is 2.31. The van der Waals surface area contributed by atoms with Gasteiger partial charge in [-0.1, -0.05) is 18.2 Å². The van der Waals surface area contributed by atoms with Gasteiger partial charge in [0, 0.05) is 30.6 Å². The molecule has 33 heavy (non-hydrogen) atoms. The van der Waals surface area contributed by atoms with Crippen LogP contribution in [0.2, 0.25) is 0 Å². The first-order valence-corrected chi connectivity index (χ1v) is 10.6. The number of allylic oxidation sites excluding steroid dienone is 1. The molecule has 1 heterocycles. The molecule has 1 aliphatic rings. The Bertz CT molecular complexity index is 1080. The Morgan fingerprint density at radius 1 is 1.24 bits per heavy atom. The number of carbonyl (C=O) groups is 3. The Morgan fingerprint density at radius 2 is 1.97 bits per heavy atom. The highest BCUT2D eigenvalue weighted by Crippen LogP contribution is 2.34. The van der Waals surface area contributed by atoms with Crippen LogP contribution in [0.5, 0.6) is 11.5 Å². The number of anilines is 2. The van der Waals surface area contributed by atoms with Gasteiger partial charge in [0.25, 0.3) is 5.91 Å². The summed E-state index contributed by atoms with van der Waals surface area (Å²) in [6.07, 6.45) is 2.37. The highest BCUT2D eigenvalue weighted by atomic mass is 16.5. The van der Waals surface area contributed by atoms with Crippen molar-refractivity contribution in [2.75, 3.05) is 38.0 Å². The number of para-hydroxylation sites is 2. The summed E-state index contributed by atoms with van der Waals surface area (Å²) in [5.41, 5.74) is 2.32. The van der Waals surface area contributed by atoms with Crippen molar-refractivity contribution in [1.29, 1.82) is 0 Å². The Kier molecular flexibility index (Phi) is 7.37. The Labute approximate surface area is 193 Å². The van der Waals surface area contributed by atoms with E-state index in [9.17, 15) is 14.4 Å². The number of nitrogens with zero attached hydrogens (tertiary/aromatic N) is 2. The van der Waals surface area contributed by atoms with Crippen LogP contribution < -0.4 is 19.7 Å². The van der Waals surface area contributed by atoms with E-state index in [1.54, 1.807) is 48.4 Å². The van der Waals surface area contributed by atoms with Crippen LogP contribution in [0.15, 0.2) is 49.1 Å². The maximum atomic E-state index is 13.3. The van der Waals surface area contributed by atoms with Crippen LogP contribution in [-0.2, 0) is 16.0 Å². The molecule has 0 fully saturated rings. The topological polar surface area (TPSA) is 88.2 Å². The third-order valence-corrected chi connectivity index (χ3v) is 5.51. The van der Waals surface area contributed by atoms with Gasteiger partial charge in [-0.15, -0.1) is 6.58 Å². The summed E-state index contributed by atoms with van der Waals surface area (Å²) in [5.74, 6) is 0.197. The second kappa shape index (κ2) is 10.2. The molecule has 1 atom stereocenters. The predicted octanol–water partition coefficient (Wildman–Crippen LogP) is 3.27. The molecule has 0 bridgehead atoms. The fourth-order valence-corrected chi connectivity index (χ4v) is 4.01. The highest BCUT2D eigenvalue weighted by molar-refractivity contribution is 6.06. The number of rotatable bonds is 7. The van der Waals surface area contributed by atoms with Gasteiger partial charge >= 0.3 is 0 Å². The minimum Gasteiger partial charge on any atom is -0.493 e. The average Bonchev–Trinajstić information content (AvgIpc) is 2.92. The molecule has 3 rings (SSSR count). The number of benzene rings is 2. The lowest BCUT2D eigenvalue weighted by atomic mass is 10.0. The van der Waals surface area contributed by atoms with Gasteiger partial charge in [-0.2, -0.15) is 0 Å². The van der Waals surface area contributed by atoms with Crippen LogP contribution >= 0.6 is 0 Å². The summed E-state index contributed by atoms with van der Waals surface area (Å²) in [4.78, 5) is 41.6. The lowest BCUT2D eigenvalue weighted by molar-refractivity contribution is -0.119. The molecule has 8 nitrogen and oxygen atoms in total. The number of hydrogen-bond acceptors (Lipinski definition) is 5. The van der Waals surface area contributed by atoms with Gasteiger partial charge in [0.05, 0.1) is 25.6 Å². The molecular formula is C25H29N3O5. The smallest absolute Gasteiger partial charge is 0.254 e. The molecule has 8 heteroatoms. The second-order valence-corrected chi connectivity index (χ2v) is 7.91. The third-order valence-electron chi connectivity index (χ3n) is 5.51. The van der Waals surface area contributed by atoms with Crippen molar-refractivity contribution >= 4 is 29.1 Å². The second-order valence-electron chi connectivity index (χ2n) is 7.91. The molecule has 0 spiro atoms. The summed E-state index contributed by atoms with van der Waals surface area (Å²) < 4.78 is 10.8. The largest absolute Gasteiger partial charge is 0.493 e. The van der Waals surface area contributed by atoms with E-state index in [1.807, 2.05) is 13.0 Å². The van der Waals surface area contributed by atoms with E-state index in [0.29, 0.717) is 34.9 Å². The standard InChI is InChI=1S/C25H29N3O5/c1-6-9-17-13-18(14-21(32-4)24(17)33-5)25(31)27(3)15-23(30)28-16(2)12-22(29)26-19-10-7-8-11-20(19)28/h6-8,10-11,13-14,16H,1,9,12,15H2,2-5H3,(H,26,29)/t16-/m1/s1. The number of methoxy groups -OCH3 is 2. The number of likely N-dealkylation sites (N-methyl/N-ethyl adjacent to an activating group) is 1. The number of amides is 3. The van der Waals surface area contributed by atoms with Gasteiger partial charge in [-0.3, -0.25) is 14.4 Å². The van der Waals surface area contributed by atoms with E-state index in [0.717, 1.165) is 5.56 Å². The van der Waals surface area contributed by atoms with Gasteiger partial charge in [-0.25, -0.2) is 0 Å².